The van der Waals surface area contributed by atoms with Gasteiger partial charge >= 0.3 is 12.0 Å². The van der Waals surface area contributed by atoms with Crippen molar-refractivity contribution in [3.05, 3.63) is 18.2 Å². The van der Waals surface area contributed by atoms with Crippen molar-refractivity contribution in [3.8, 4) is 5.75 Å². The molecule has 8 heteroatoms. The van der Waals surface area contributed by atoms with Crippen molar-refractivity contribution in [2.75, 3.05) is 23.8 Å². The van der Waals surface area contributed by atoms with E-state index in [-0.39, 0.29) is 12.5 Å². The fourth-order valence-electron chi connectivity index (χ4n) is 1.49. The topological polar surface area (TPSA) is 117 Å². The number of carboxylic acids is 1. The molecule has 1 heterocycles. The van der Waals surface area contributed by atoms with Crippen LogP contribution in [0.5, 0.6) is 5.75 Å². The average molecular weight is 265 g/mol. The summed E-state index contributed by atoms with van der Waals surface area (Å²) in [4.78, 5) is 32.8. The van der Waals surface area contributed by atoms with Crippen LogP contribution in [0.25, 0.3) is 0 Å². The van der Waals surface area contributed by atoms with E-state index in [1.807, 2.05) is 0 Å². The van der Waals surface area contributed by atoms with E-state index in [9.17, 15) is 14.4 Å². The lowest BCUT2D eigenvalue weighted by Gasteiger charge is -2.18. The SMILES string of the molecule is O=C(O)CNC(=O)Nc1ccc2c(c1)NC(=O)CO2. The molecule has 19 heavy (non-hydrogen) atoms. The van der Waals surface area contributed by atoms with E-state index in [1.54, 1.807) is 12.1 Å². The van der Waals surface area contributed by atoms with Gasteiger partial charge in [0.1, 0.15) is 12.3 Å². The van der Waals surface area contributed by atoms with Crippen molar-refractivity contribution in [1.82, 2.24) is 5.32 Å². The molecule has 0 fully saturated rings. The Morgan fingerprint density at radius 3 is 2.95 bits per heavy atom. The van der Waals surface area contributed by atoms with Gasteiger partial charge < -0.3 is 25.8 Å². The molecule has 1 aromatic carbocycles. The molecule has 0 aromatic heterocycles. The van der Waals surface area contributed by atoms with Crippen LogP contribution in [0.1, 0.15) is 0 Å². The molecule has 0 spiro atoms. The maximum Gasteiger partial charge on any atom is 0.323 e. The molecule has 8 nitrogen and oxygen atoms in total. The minimum atomic E-state index is -1.14. The highest BCUT2D eigenvalue weighted by atomic mass is 16.5. The monoisotopic (exact) mass is 265 g/mol. The Labute approximate surface area is 107 Å². The number of carbonyl (C=O) groups excluding carboxylic acids is 2. The number of amides is 3. The van der Waals surface area contributed by atoms with Gasteiger partial charge in [0.2, 0.25) is 0 Å². The fourth-order valence-corrected chi connectivity index (χ4v) is 1.49. The number of rotatable bonds is 3. The number of nitrogens with one attached hydrogen (secondary N) is 3. The average Bonchev–Trinajstić information content (AvgIpc) is 2.36. The van der Waals surface area contributed by atoms with Gasteiger partial charge in [-0.15, -0.1) is 0 Å². The van der Waals surface area contributed by atoms with Gasteiger partial charge in [-0.05, 0) is 18.2 Å². The first-order valence-corrected chi connectivity index (χ1v) is 5.38. The predicted octanol–water partition coefficient (Wildman–Crippen LogP) is 0.224. The van der Waals surface area contributed by atoms with E-state index in [2.05, 4.69) is 16.0 Å². The van der Waals surface area contributed by atoms with Crippen LogP contribution in [0.4, 0.5) is 16.2 Å². The Balaban J connectivity index is 2.01. The minimum Gasteiger partial charge on any atom is -0.482 e. The lowest BCUT2D eigenvalue weighted by molar-refractivity contribution is -0.135. The molecule has 0 radical (unpaired) electrons. The number of ether oxygens (including phenoxy) is 1. The number of hydrogen-bond acceptors (Lipinski definition) is 4. The summed E-state index contributed by atoms with van der Waals surface area (Å²) in [5, 5.41) is 15.6. The van der Waals surface area contributed by atoms with Crippen LogP contribution in [0.2, 0.25) is 0 Å². The number of carbonyl (C=O) groups is 3. The molecule has 1 aliphatic rings. The molecule has 0 aliphatic carbocycles. The third kappa shape index (κ3) is 3.35. The number of fused-ring (bicyclic) bond motifs is 1. The first kappa shape index (κ1) is 12.7. The van der Waals surface area contributed by atoms with Crippen LogP contribution < -0.4 is 20.7 Å². The van der Waals surface area contributed by atoms with Gasteiger partial charge in [-0.1, -0.05) is 0 Å². The highest BCUT2D eigenvalue weighted by Crippen LogP contribution is 2.30. The standard InChI is InChI=1S/C11H11N3O5/c15-9-5-19-8-2-1-6(3-7(8)14-9)13-11(18)12-4-10(16)17/h1-3H,4-5H2,(H,14,15)(H,16,17)(H2,12,13,18). The number of benzene rings is 1. The molecule has 2 rings (SSSR count). The van der Waals surface area contributed by atoms with Crippen LogP contribution in [-0.2, 0) is 9.59 Å². The highest BCUT2D eigenvalue weighted by Gasteiger charge is 2.16. The first-order valence-electron chi connectivity index (χ1n) is 5.38. The molecule has 0 unspecified atom stereocenters. The molecule has 1 aromatic rings. The lowest BCUT2D eigenvalue weighted by Crippen LogP contribution is -2.33. The second-order valence-corrected chi connectivity index (χ2v) is 3.75. The Kier molecular flexibility index (Phi) is 3.51. The molecule has 0 saturated carbocycles. The summed E-state index contributed by atoms with van der Waals surface area (Å²) in [6.45, 7) is -0.518. The largest absolute Gasteiger partial charge is 0.482 e. The summed E-state index contributed by atoms with van der Waals surface area (Å²) in [5.41, 5.74) is 0.861. The van der Waals surface area contributed by atoms with Gasteiger partial charge in [-0.25, -0.2) is 4.79 Å². The first-order chi connectivity index (χ1) is 9.04. The van der Waals surface area contributed by atoms with Crippen molar-refractivity contribution in [2.45, 2.75) is 0 Å². The van der Waals surface area contributed by atoms with Gasteiger partial charge in [0.15, 0.2) is 6.61 Å². The molecule has 0 bridgehead atoms. The molecule has 100 valence electrons. The number of aliphatic carboxylic acids is 1. The van der Waals surface area contributed by atoms with Crippen molar-refractivity contribution in [2.24, 2.45) is 0 Å². The van der Waals surface area contributed by atoms with Gasteiger partial charge in [0.05, 0.1) is 5.69 Å². The number of hydrogen-bond donors (Lipinski definition) is 4. The molecule has 3 amide bonds. The quantitative estimate of drug-likeness (QED) is 0.624. The Bertz CT molecular complexity index is 543. The maximum atomic E-state index is 11.3. The van der Waals surface area contributed by atoms with E-state index in [0.29, 0.717) is 17.1 Å². The summed E-state index contributed by atoms with van der Waals surface area (Å²) in [7, 11) is 0. The van der Waals surface area contributed by atoms with Crippen LogP contribution >= 0.6 is 0 Å². The van der Waals surface area contributed by atoms with Crippen molar-refractivity contribution >= 4 is 29.3 Å². The molecular weight excluding hydrogens is 254 g/mol. The summed E-state index contributed by atoms with van der Waals surface area (Å²) in [6.07, 6.45) is 0. The molecule has 0 saturated heterocycles. The van der Waals surface area contributed by atoms with Gasteiger partial charge in [0.25, 0.3) is 5.91 Å². The number of urea groups is 1. The predicted molar refractivity (Wildman–Crippen MR) is 65.2 cm³/mol. The van der Waals surface area contributed by atoms with E-state index in [1.165, 1.54) is 6.07 Å². The summed E-state index contributed by atoms with van der Waals surface area (Å²) >= 11 is 0. The van der Waals surface area contributed by atoms with Crippen molar-refractivity contribution < 1.29 is 24.2 Å². The number of anilines is 2. The van der Waals surface area contributed by atoms with Crippen molar-refractivity contribution in [3.63, 3.8) is 0 Å². The van der Waals surface area contributed by atoms with E-state index in [4.69, 9.17) is 9.84 Å². The third-order valence-electron chi connectivity index (χ3n) is 2.27. The van der Waals surface area contributed by atoms with Gasteiger partial charge in [-0.3, -0.25) is 9.59 Å². The zero-order valence-electron chi connectivity index (χ0n) is 9.73. The second kappa shape index (κ2) is 5.25. The second-order valence-electron chi connectivity index (χ2n) is 3.75. The van der Waals surface area contributed by atoms with Gasteiger partial charge in [0, 0.05) is 5.69 Å². The smallest absolute Gasteiger partial charge is 0.323 e. The van der Waals surface area contributed by atoms with Crippen LogP contribution in [0.15, 0.2) is 18.2 Å². The third-order valence-corrected chi connectivity index (χ3v) is 2.27. The van der Waals surface area contributed by atoms with E-state index in [0.717, 1.165) is 0 Å². The molecule has 1 aliphatic heterocycles. The van der Waals surface area contributed by atoms with Gasteiger partial charge in [-0.2, -0.15) is 0 Å². The Morgan fingerprint density at radius 1 is 1.42 bits per heavy atom. The maximum absolute atomic E-state index is 11.3. The minimum absolute atomic E-state index is 0.0428. The molecular formula is C11H11N3O5. The van der Waals surface area contributed by atoms with Crippen molar-refractivity contribution in [1.29, 1.82) is 0 Å². The normalized spacial score (nSPS) is 12.7. The van der Waals surface area contributed by atoms with Crippen LogP contribution in [0, 0.1) is 0 Å². The van der Waals surface area contributed by atoms with E-state index < -0.39 is 18.5 Å². The summed E-state index contributed by atoms with van der Waals surface area (Å²) in [6, 6.07) is 4.05. The summed E-state index contributed by atoms with van der Waals surface area (Å²) in [5.74, 6) is -0.905. The Hall–Kier alpha value is -2.77. The van der Waals surface area contributed by atoms with Crippen LogP contribution in [0.3, 0.4) is 0 Å². The molecule has 4 N–H and O–H groups in total. The zero-order chi connectivity index (χ0) is 13.8. The lowest BCUT2D eigenvalue weighted by atomic mass is 10.2. The number of carboxylic acid groups (broad SMARTS) is 1. The van der Waals surface area contributed by atoms with Crippen LogP contribution in [-0.4, -0.2) is 36.2 Å². The molecule has 0 atom stereocenters. The fraction of sp³-hybridized carbons (Fsp3) is 0.182. The summed E-state index contributed by atoms with van der Waals surface area (Å²) < 4.78 is 5.16. The Morgan fingerprint density at radius 2 is 2.21 bits per heavy atom. The zero-order valence-corrected chi connectivity index (χ0v) is 9.73. The van der Waals surface area contributed by atoms with E-state index >= 15 is 0 Å². The highest BCUT2D eigenvalue weighted by molar-refractivity contribution is 5.97.